The van der Waals surface area contributed by atoms with E-state index >= 15 is 0 Å². The van der Waals surface area contributed by atoms with Crippen LogP contribution in [0.4, 0.5) is 37.7 Å². The molecule has 83 heavy (non-hydrogen) atoms. The number of nitrogens with zero attached hydrogens (tertiary/aromatic N) is 9. The molecule has 0 aliphatic carbocycles. The van der Waals surface area contributed by atoms with Crippen LogP contribution in [0, 0.1) is 0 Å². The predicted molar refractivity (Wildman–Crippen MR) is 301 cm³/mol. The molecule has 25 heteroatoms. The molecule has 5 amide bonds. The van der Waals surface area contributed by atoms with E-state index in [2.05, 4.69) is 31.2 Å². The molecule has 0 atom stereocenters. The van der Waals surface area contributed by atoms with Gasteiger partial charge in [0.05, 0.1) is 11.1 Å². The average Bonchev–Trinajstić information content (AvgIpc) is 4.37. The number of likely N-dealkylation sites (tertiary alicyclic amines) is 2. The molecule has 6 aliphatic rings. The van der Waals surface area contributed by atoms with Gasteiger partial charge < -0.3 is 29.8 Å². The number of anilines is 2. The number of aryl methyl sites for hydroxylation is 2. The van der Waals surface area contributed by atoms with Crippen LogP contribution in [0.2, 0.25) is 0 Å². The molecule has 0 bridgehead atoms. The monoisotopic (exact) mass is 1200 g/mol. The molecule has 16 nitrogen and oxygen atoms in total. The number of hydrogen-bond donors (Lipinski definition) is 1. The Balaban J connectivity index is 0.000000158. The number of amides is 5. The average molecular weight is 1200 g/mol. The smallest absolute Gasteiger partial charge is 0.385 e. The lowest BCUT2D eigenvalue weighted by atomic mass is 9.96. The highest BCUT2D eigenvalue weighted by atomic mass is 35.5. The van der Waals surface area contributed by atoms with Crippen LogP contribution < -0.4 is 10.2 Å². The number of thiazole rings is 2. The zero-order valence-electron chi connectivity index (χ0n) is 44.7. The van der Waals surface area contributed by atoms with E-state index in [0.717, 1.165) is 113 Å². The standard InChI is InChI=1S/C29H28F3N5O3S.C21H25N5O2S.C8H4ClF3O/c30-29(31,32)22-5-1-3-20(16-22)27(39)37-9-2-4-19-15-21(6-7-24(19)37)26(38)36-17-23(18-36)34-10-12-35(13-11-34)28(40)25-33-8-14-41-25;27-20(16-3-4-18-15(12-16)2-1-5-22-18)26-13-17(14-26)24-7-9-25(10-8-24)21(28)19-23-6-11-29-19;9-7(13)5-2-1-3-6(4-5)8(10,11)12/h1,3,5-8,14-16,23H,2,4,9-13,17-18H2;3-4,6,11-12,17,22H,1-2,5,7-10,13-14H2;1-4H. The number of fused-ring (bicyclic) bond motifs is 2. The number of alkyl halides is 6. The number of benzene rings is 4. The van der Waals surface area contributed by atoms with Crippen LogP contribution in [-0.4, -0.2) is 178 Å². The van der Waals surface area contributed by atoms with E-state index in [1.165, 1.54) is 57.0 Å². The summed E-state index contributed by atoms with van der Waals surface area (Å²) in [5, 5.41) is 7.20. The van der Waals surface area contributed by atoms with Crippen LogP contribution in [0.5, 0.6) is 0 Å². The summed E-state index contributed by atoms with van der Waals surface area (Å²) in [6.07, 6.45) is -2.18. The van der Waals surface area contributed by atoms with Crippen molar-refractivity contribution in [3.8, 4) is 0 Å². The second-order valence-corrected chi connectivity index (χ2v) is 22.9. The van der Waals surface area contributed by atoms with E-state index in [-0.39, 0.29) is 40.8 Å². The van der Waals surface area contributed by atoms with Crippen LogP contribution in [0.15, 0.2) is 108 Å². The predicted octanol–water partition coefficient (Wildman–Crippen LogP) is 8.91. The fourth-order valence-electron chi connectivity index (χ4n) is 10.9. The fraction of sp³-hybridized carbons (Fsp3) is 0.379. The number of piperazine rings is 2. The van der Waals surface area contributed by atoms with Gasteiger partial charge in [-0.05, 0) is 115 Å². The summed E-state index contributed by atoms with van der Waals surface area (Å²) in [4.78, 5) is 96.7. The Morgan fingerprint density at radius 1 is 0.506 bits per heavy atom. The third-order valence-corrected chi connectivity index (χ3v) is 17.3. The van der Waals surface area contributed by atoms with Gasteiger partial charge in [0, 0.05) is 160 Å². The van der Waals surface area contributed by atoms with Crippen molar-refractivity contribution in [1.29, 1.82) is 0 Å². The zero-order valence-corrected chi connectivity index (χ0v) is 47.1. The molecule has 1 N–H and O–H groups in total. The second-order valence-electron chi connectivity index (χ2n) is 20.8. The first-order valence-electron chi connectivity index (χ1n) is 27.1. The Bertz CT molecular complexity index is 3340. The van der Waals surface area contributed by atoms with Gasteiger partial charge >= 0.3 is 12.4 Å². The maximum atomic E-state index is 13.2. The SMILES string of the molecule is O=C(Cl)c1cccc(C(F)(F)F)c1.O=C(c1ccc2c(c1)CCCN2)N1CC(N2CCN(C(=O)c3nccs3)CC2)C1.O=C(c1ccc2c(c1)CCCN2C(=O)c1cccc(C(F)(F)F)c1)N1CC(N2CCN(C(=O)c3nccs3)CC2)C1. The summed E-state index contributed by atoms with van der Waals surface area (Å²) < 4.78 is 75.8. The van der Waals surface area contributed by atoms with Crippen molar-refractivity contribution in [3.05, 3.63) is 163 Å². The second kappa shape index (κ2) is 25.3. The van der Waals surface area contributed by atoms with E-state index < -0.39 is 34.6 Å². The molecule has 0 spiro atoms. The molecule has 0 radical (unpaired) electrons. The van der Waals surface area contributed by atoms with E-state index in [0.29, 0.717) is 72.9 Å². The molecule has 0 unspecified atom stereocenters. The van der Waals surface area contributed by atoms with E-state index in [4.69, 9.17) is 11.6 Å². The Hall–Kier alpha value is -7.25. The first kappa shape index (κ1) is 58.9. The van der Waals surface area contributed by atoms with Gasteiger partial charge in [-0.3, -0.25) is 38.6 Å². The summed E-state index contributed by atoms with van der Waals surface area (Å²) in [7, 11) is 0. The molecular weight excluding hydrogens is 1150 g/mol. The van der Waals surface area contributed by atoms with E-state index in [9.17, 15) is 55.1 Å². The van der Waals surface area contributed by atoms with Gasteiger partial charge in [0.15, 0.2) is 10.0 Å². The van der Waals surface area contributed by atoms with Crippen molar-refractivity contribution >= 4 is 80.4 Å². The van der Waals surface area contributed by atoms with E-state index in [1.807, 2.05) is 32.2 Å². The van der Waals surface area contributed by atoms with Crippen molar-refractivity contribution in [2.75, 3.05) is 102 Å². The third kappa shape index (κ3) is 13.7. The third-order valence-electron chi connectivity index (χ3n) is 15.6. The van der Waals surface area contributed by atoms with Gasteiger partial charge in [0.25, 0.3) is 34.8 Å². The number of halogens is 7. The molecule has 4 saturated heterocycles. The zero-order chi connectivity index (χ0) is 58.6. The number of carbonyl (C=O) groups excluding carboxylic acids is 6. The number of nitrogens with one attached hydrogen (secondary N) is 1. The van der Waals surface area contributed by atoms with Gasteiger partial charge in [-0.2, -0.15) is 26.3 Å². The van der Waals surface area contributed by atoms with Crippen LogP contribution >= 0.6 is 34.3 Å². The lowest BCUT2D eigenvalue weighted by Gasteiger charge is -2.48. The van der Waals surface area contributed by atoms with Crippen molar-refractivity contribution in [1.82, 2.24) is 39.4 Å². The molecule has 12 rings (SSSR count). The van der Waals surface area contributed by atoms with Crippen LogP contribution in [0.25, 0.3) is 0 Å². The minimum absolute atomic E-state index is 0.0205. The van der Waals surface area contributed by atoms with Gasteiger partial charge in [0.1, 0.15) is 0 Å². The Labute approximate surface area is 487 Å². The van der Waals surface area contributed by atoms with Crippen molar-refractivity contribution in [2.24, 2.45) is 0 Å². The highest BCUT2D eigenvalue weighted by Gasteiger charge is 2.40. The van der Waals surface area contributed by atoms with Gasteiger partial charge in [-0.15, -0.1) is 22.7 Å². The maximum absolute atomic E-state index is 13.2. The van der Waals surface area contributed by atoms with Crippen molar-refractivity contribution in [2.45, 2.75) is 50.1 Å². The lowest BCUT2D eigenvalue weighted by Crippen LogP contribution is -2.64. The Morgan fingerprint density at radius 3 is 1.47 bits per heavy atom. The normalized spacial score (nSPS) is 17.7. The van der Waals surface area contributed by atoms with Crippen molar-refractivity contribution < 1.29 is 55.1 Å². The maximum Gasteiger partial charge on any atom is 0.416 e. The van der Waals surface area contributed by atoms with Crippen LogP contribution in [0.1, 0.15) is 96.1 Å². The molecule has 6 aliphatic heterocycles. The Morgan fingerprint density at radius 2 is 0.976 bits per heavy atom. The molecule has 436 valence electrons. The summed E-state index contributed by atoms with van der Waals surface area (Å²) in [6.45, 7) is 10.1. The molecule has 0 saturated carbocycles. The topological polar surface area (TPSA) is 163 Å². The van der Waals surface area contributed by atoms with Crippen molar-refractivity contribution in [3.63, 3.8) is 0 Å². The van der Waals surface area contributed by atoms with E-state index in [1.54, 1.807) is 40.9 Å². The number of aromatic nitrogens is 2. The molecular formula is C58H57ClF6N10O6S2. The number of hydrogen-bond acceptors (Lipinski definition) is 13. The summed E-state index contributed by atoms with van der Waals surface area (Å²) >= 11 is 7.75. The molecule has 8 heterocycles. The minimum Gasteiger partial charge on any atom is -0.385 e. The van der Waals surface area contributed by atoms with Crippen LogP contribution in [0.3, 0.4) is 0 Å². The molecule has 6 aromatic rings. The minimum atomic E-state index is -4.53. The summed E-state index contributed by atoms with van der Waals surface area (Å²) in [6, 6.07) is 20.3. The highest BCUT2D eigenvalue weighted by Crippen LogP contribution is 2.34. The first-order valence-corrected chi connectivity index (χ1v) is 29.2. The Kier molecular flexibility index (Phi) is 18.0. The quantitative estimate of drug-likeness (QED) is 0.114. The molecule has 4 aromatic carbocycles. The van der Waals surface area contributed by atoms with Gasteiger partial charge in [-0.25, -0.2) is 9.97 Å². The number of carbonyl (C=O) groups is 6. The van der Waals surface area contributed by atoms with Crippen LogP contribution in [-0.2, 0) is 25.2 Å². The fourth-order valence-corrected chi connectivity index (χ4v) is 12.3. The highest BCUT2D eigenvalue weighted by molar-refractivity contribution is 7.11. The summed E-state index contributed by atoms with van der Waals surface area (Å²) in [5.74, 6) is -0.440. The molecule has 4 fully saturated rings. The van der Waals surface area contributed by atoms with Gasteiger partial charge in [-0.1, -0.05) is 18.2 Å². The first-order chi connectivity index (χ1) is 39.8. The largest absolute Gasteiger partial charge is 0.416 e. The lowest BCUT2D eigenvalue weighted by molar-refractivity contribution is -0.138. The molecule has 2 aromatic heterocycles. The van der Waals surface area contributed by atoms with Gasteiger partial charge in [0.2, 0.25) is 0 Å². The number of rotatable bonds is 8. The summed E-state index contributed by atoms with van der Waals surface area (Å²) in [5.41, 5.74) is 3.30.